The lowest BCUT2D eigenvalue weighted by Gasteiger charge is -2.40. The van der Waals surface area contributed by atoms with Gasteiger partial charge in [-0.3, -0.25) is 9.69 Å². The van der Waals surface area contributed by atoms with Crippen LogP contribution in [0.1, 0.15) is 32.1 Å². The smallest absolute Gasteiger partial charge is 0.227 e. The van der Waals surface area contributed by atoms with E-state index in [1.54, 1.807) is 0 Å². The van der Waals surface area contributed by atoms with Crippen LogP contribution < -0.4 is 5.73 Å². The number of amides is 1. The fraction of sp³-hybridized carbons (Fsp3) is 0.933. The average molecular weight is 263 g/mol. The summed E-state index contributed by atoms with van der Waals surface area (Å²) >= 11 is 0. The number of carbonyl (C=O) groups excluding carboxylic acids is 1. The van der Waals surface area contributed by atoms with Crippen LogP contribution in [0.3, 0.4) is 0 Å². The van der Waals surface area contributed by atoms with Crippen LogP contribution in [-0.2, 0) is 4.79 Å². The second kappa shape index (κ2) is 4.45. The summed E-state index contributed by atoms with van der Waals surface area (Å²) in [7, 11) is 0. The van der Waals surface area contributed by atoms with Crippen molar-refractivity contribution in [1.29, 1.82) is 0 Å². The maximum Gasteiger partial charge on any atom is 0.227 e. The van der Waals surface area contributed by atoms with Crippen molar-refractivity contribution in [3.63, 3.8) is 0 Å². The van der Waals surface area contributed by atoms with Crippen LogP contribution in [0.15, 0.2) is 0 Å². The lowest BCUT2D eigenvalue weighted by atomic mass is 9.83. The van der Waals surface area contributed by atoms with E-state index in [1.807, 2.05) is 0 Å². The van der Waals surface area contributed by atoms with Gasteiger partial charge >= 0.3 is 0 Å². The third kappa shape index (κ3) is 1.83. The van der Waals surface area contributed by atoms with E-state index in [-0.39, 0.29) is 12.0 Å². The van der Waals surface area contributed by atoms with Crippen molar-refractivity contribution < 1.29 is 4.79 Å². The van der Waals surface area contributed by atoms with Gasteiger partial charge < -0.3 is 10.6 Å². The Hall–Kier alpha value is -0.610. The zero-order chi connectivity index (χ0) is 13.0. The zero-order valence-corrected chi connectivity index (χ0v) is 11.6. The highest BCUT2D eigenvalue weighted by Crippen LogP contribution is 2.48. The molecule has 0 aromatic carbocycles. The van der Waals surface area contributed by atoms with Gasteiger partial charge in [-0.1, -0.05) is 0 Å². The number of nitrogens with two attached hydrogens (primary N) is 1. The van der Waals surface area contributed by atoms with E-state index >= 15 is 0 Å². The summed E-state index contributed by atoms with van der Waals surface area (Å²) in [5, 5.41) is 0. The van der Waals surface area contributed by atoms with Gasteiger partial charge in [-0.2, -0.15) is 0 Å². The van der Waals surface area contributed by atoms with Gasteiger partial charge in [-0.25, -0.2) is 0 Å². The SMILES string of the molecule is NC1C2CCC(C2)C1C(=O)N1CCN2CCCC2C1. The van der Waals surface area contributed by atoms with Crippen molar-refractivity contribution in [3.05, 3.63) is 0 Å². The predicted molar refractivity (Wildman–Crippen MR) is 73.5 cm³/mol. The standard InChI is InChI=1S/C15H25N3O/c16-14-11-4-3-10(8-11)13(14)15(19)18-7-6-17-5-1-2-12(17)9-18/h10-14H,1-9,16H2. The molecule has 5 atom stereocenters. The van der Waals surface area contributed by atoms with Gasteiger partial charge in [-0.15, -0.1) is 0 Å². The highest BCUT2D eigenvalue weighted by Gasteiger charge is 2.50. The summed E-state index contributed by atoms with van der Waals surface area (Å²) < 4.78 is 0. The Bertz CT molecular complexity index is 384. The van der Waals surface area contributed by atoms with E-state index in [2.05, 4.69) is 9.80 Å². The molecule has 0 aromatic rings. The number of piperazine rings is 1. The van der Waals surface area contributed by atoms with E-state index in [4.69, 9.17) is 5.73 Å². The monoisotopic (exact) mass is 263 g/mol. The number of hydrogen-bond acceptors (Lipinski definition) is 3. The molecule has 2 N–H and O–H groups in total. The van der Waals surface area contributed by atoms with Crippen molar-refractivity contribution in [1.82, 2.24) is 9.80 Å². The van der Waals surface area contributed by atoms with Gasteiger partial charge in [0, 0.05) is 31.7 Å². The molecule has 2 saturated heterocycles. The largest absolute Gasteiger partial charge is 0.340 e. The molecule has 4 aliphatic rings. The summed E-state index contributed by atoms with van der Waals surface area (Å²) in [5.74, 6) is 1.75. The van der Waals surface area contributed by atoms with Crippen LogP contribution in [-0.4, -0.2) is 54.0 Å². The average Bonchev–Trinajstić information content (AvgIpc) is 3.12. The van der Waals surface area contributed by atoms with Gasteiger partial charge in [-0.05, 0) is 50.5 Å². The van der Waals surface area contributed by atoms with Gasteiger partial charge in [0.25, 0.3) is 0 Å². The molecule has 0 aromatic heterocycles. The van der Waals surface area contributed by atoms with Crippen molar-refractivity contribution in [2.75, 3.05) is 26.2 Å². The number of carbonyl (C=O) groups is 1. The van der Waals surface area contributed by atoms with Crippen LogP contribution in [0.2, 0.25) is 0 Å². The Morgan fingerprint density at radius 3 is 2.68 bits per heavy atom. The summed E-state index contributed by atoms with van der Waals surface area (Å²) in [6, 6.07) is 0.778. The molecule has 5 unspecified atom stereocenters. The molecule has 0 radical (unpaired) electrons. The number of hydrogen-bond donors (Lipinski definition) is 1. The molecule has 106 valence electrons. The molecule has 1 amide bonds. The van der Waals surface area contributed by atoms with E-state index in [0.717, 1.165) is 19.6 Å². The first-order valence-electron chi connectivity index (χ1n) is 8.02. The predicted octanol–water partition coefficient (Wildman–Crippen LogP) is 0.666. The summed E-state index contributed by atoms with van der Waals surface area (Å²) in [6.07, 6.45) is 6.28. The van der Waals surface area contributed by atoms with E-state index in [9.17, 15) is 4.79 Å². The molecule has 4 rings (SSSR count). The first kappa shape index (κ1) is 12.2. The second-order valence-corrected chi connectivity index (χ2v) is 7.05. The summed E-state index contributed by atoms with van der Waals surface area (Å²) in [6.45, 7) is 4.20. The molecule has 2 aliphatic heterocycles. The minimum absolute atomic E-state index is 0.145. The first-order chi connectivity index (χ1) is 9.24. The molecule has 4 heteroatoms. The van der Waals surface area contributed by atoms with Crippen LogP contribution in [0.25, 0.3) is 0 Å². The quantitative estimate of drug-likeness (QED) is 0.756. The van der Waals surface area contributed by atoms with E-state index < -0.39 is 0 Å². The second-order valence-electron chi connectivity index (χ2n) is 7.05. The van der Waals surface area contributed by atoms with Gasteiger partial charge in [0.2, 0.25) is 5.91 Å². The Kier molecular flexibility index (Phi) is 2.85. The molecule has 4 fully saturated rings. The lowest BCUT2D eigenvalue weighted by Crippen LogP contribution is -2.56. The third-order valence-corrected chi connectivity index (χ3v) is 6.16. The van der Waals surface area contributed by atoms with Crippen molar-refractivity contribution in [2.45, 2.75) is 44.2 Å². The Morgan fingerprint density at radius 1 is 1.05 bits per heavy atom. The minimum Gasteiger partial charge on any atom is -0.340 e. The summed E-state index contributed by atoms with van der Waals surface area (Å²) in [4.78, 5) is 17.5. The molecule has 2 heterocycles. The molecular weight excluding hydrogens is 238 g/mol. The van der Waals surface area contributed by atoms with Crippen LogP contribution in [0, 0.1) is 17.8 Å². The van der Waals surface area contributed by atoms with Crippen molar-refractivity contribution >= 4 is 5.91 Å². The minimum atomic E-state index is 0.145. The fourth-order valence-electron chi connectivity index (χ4n) is 5.10. The van der Waals surface area contributed by atoms with Gasteiger partial charge in [0.1, 0.15) is 0 Å². The van der Waals surface area contributed by atoms with Crippen molar-refractivity contribution in [2.24, 2.45) is 23.5 Å². The Labute approximate surface area is 115 Å². The first-order valence-corrected chi connectivity index (χ1v) is 8.02. The third-order valence-electron chi connectivity index (χ3n) is 6.16. The normalized spacial score (nSPS) is 45.7. The van der Waals surface area contributed by atoms with Crippen LogP contribution in [0.5, 0.6) is 0 Å². The topological polar surface area (TPSA) is 49.6 Å². The Balaban J connectivity index is 1.46. The van der Waals surface area contributed by atoms with Gasteiger partial charge in [0.05, 0.1) is 5.92 Å². The lowest BCUT2D eigenvalue weighted by molar-refractivity contribution is -0.140. The number of nitrogens with zero attached hydrogens (tertiary/aromatic N) is 2. The fourth-order valence-corrected chi connectivity index (χ4v) is 5.10. The Morgan fingerprint density at radius 2 is 1.89 bits per heavy atom. The molecular formula is C15H25N3O. The molecule has 2 bridgehead atoms. The molecule has 2 saturated carbocycles. The van der Waals surface area contributed by atoms with Crippen LogP contribution >= 0.6 is 0 Å². The maximum absolute atomic E-state index is 12.8. The number of fused-ring (bicyclic) bond motifs is 3. The highest BCUT2D eigenvalue weighted by molar-refractivity contribution is 5.80. The van der Waals surface area contributed by atoms with E-state index in [0.29, 0.717) is 23.8 Å². The maximum atomic E-state index is 12.8. The van der Waals surface area contributed by atoms with Crippen molar-refractivity contribution in [3.8, 4) is 0 Å². The number of rotatable bonds is 1. The molecule has 0 spiro atoms. The highest BCUT2D eigenvalue weighted by atomic mass is 16.2. The van der Waals surface area contributed by atoms with Crippen LogP contribution in [0.4, 0.5) is 0 Å². The summed E-state index contributed by atoms with van der Waals surface area (Å²) in [5.41, 5.74) is 6.32. The molecule has 2 aliphatic carbocycles. The molecule has 19 heavy (non-hydrogen) atoms. The van der Waals surface area contributed by atoms with E-state index in [1.165, 1.54) is 38.6 Å². The molecule has 4 nitrogen and oxygen atoms in total. The zero-order valence-electron chi connectivity index (χ0n) is 11.6. The van der Waals surface area contributed by atoms with Gasteiger partial charge in [0.15, 0.2) is 0 Å².